The number of benzene rings is 2. The number of nitrogens with two attached hydrogens (primary N) is 1. The summed E-state index contributed by atoms with van der Waals surface area (Å²) in [5.74, 6) is 3.34. The molecule has 74 heavy (non-hydrogen) atoms. The van der Waals surface area contributed by atoms with Gasteiger partial charge in [-0.1, -0.05) is 51.2 Å². The molecule has 1 saturated heterocycles. The molecule has 0 aromatic heterocycles. The van der Waals surface area contributed by atoms with Gasteiger partial charge in [-0.3, -0.25) is 18.7 Å². The van der Waals surface area contributed by atoms with E-state index in [4.69, 9.17) is 24.9 Å². The molecule has 0 saturated carbocycles. The number of anilines is 1. The van der Waals surface area contributed by atoms with Crippen LogP contribution in [-0.4, -0.2) is 125 Å². The molecule has 6 rings (SSSR count). The molecular formula is C51H67N4O16S3+. The summed E-state index contributed by atoms with van der Waals surface area (Å²) in [6.45, 7) is 11.2. The largest absolute Gasteiger partial charge is 0.460 e. The molecule has 4 aliphatic rings. The van der Waals surface area contributed by atoms with Crippen LogP contribution in [-0.2, 0) is 68.7 Å². The van der Waals surface area contributed by atoms with Gasteiger partial charge in [0.1, 0.15) is 18.1 Å². The summed E-state index contributed by atoms with van der Waals surface area (Å²) in [5.41, 5.74) is 3.78. The highest BCUT2D eigenvalue weighted by Crippen LogP contribution is 2.49. The number of hydrogen-bond donors (Lipinski definition) is 3. The first kappa shape index (κ1) is 57.9. The lowest BCUT2D eigenvalue weighted by Crippen LogP contribution is -2.52. The first-order chi connectivity index (χ1) is 34.7. The maximum absolute atomic E-state index is 12.9. The van der Waals surface area contributed by atoms with E-state index in [1.165, 1.54) is 18.2 Å². The van der Waals surface area contributed by atoms with Crippen LogP contribution in [0.1, 0.15) is 109 Å². The molecular weight excluding hydrogens is 1020 g/mol. The van der Waals surface area contributed by atoms with E-state index >= 15 is 0 Å². The molecule has 4 N–H and O–H groups in total. The molecule has 4 aliphatic heterocycles. The number of ether oxygens (including phenoxy) is 3. The van der Waals surface area contributed by atoms with Gasteiger partial charge in [0.15, 0.2) is 5.71 Å². The van der Waals surface area contributed by atoms with Gasteiger partial charge in [-0.15, -0.1) is 5.06 Å². The number of carbonyl (C=O) groups excluding carboxylic acids is 3. The monoisotopic (exact) mass is 1090 g/mol. The van der Waals surface area contributed by atoms with Crippen LogP contribution < -0.4 is 15.5 Å². The predicted molar refractivity (Wildman–Crippen MR) is 277 cm³/mol. The highest BCUT2D eigenvalue weighted by atomic mass is 32.2. The van der Waals surface area contributed by atoms with Gasteiger partial charge in [0.2, 0.25) is 5.69 Å². The number of imide groups is 1. The summed E-state index contributed by atoms with van der Waals surface area (Å²) in [7, 11) is -9.73. The first-order valence-electron chi connectivity index (χ1n) is 24.2. The van der Waals surface area contributed by atoms with Crippen molar-refractivity contribution in [3.8, 4) is 5.75 Å². The Balaban J connectivity index is 1.41. The standard InChI is InChI=1S/C51H66N4O16S3/c1-35-34-51(22-26-67-6,23-27-68-7)54(25-13-28-72(59,60)61)42-33-43-39(32-38(35)42)36(30-45(69-43)49(2,3)4)14-9-8-10-15-44-50(5,21-11-16-48(58)70-55-46(56)19-20-47(55)57)40-31-37(74(64,65)66)17-18-41(40)53(44)24-12-29-73(62,63)71-52/h8-10,14-15,17-18,30-34H,11-13,16,19-29,52H2,1-7H3,(H-,59,60,61,64,65,66)/p+1. The molecule has 2 amide bonds. The van der Waals surface area contributed by atoms with Crippen molar-refractivity contribution >= 4 is 76.4 Å². The molecule has 4 heterocycles. The zero-order valence-electron chi connectivity index (χ0n) is 42.8. The average Bonchev–Trinajstić information content (AvgIpc) is 3.75. The maximum Gasteiger partial charge on any atom is 0.333 e. The fraction of sp³-hybridized carbons (Fsp3) is 0.490. The molecule has 0 spiro atoms. The number of hydroxylamine groups is 2. The summed E-state index contributed by atoms with van der Waals surface area (Å²) < 4.78 is 117. The van der Waals surface area contributed by atoms with Crippen molar-refractivity contribution in [1.29, 1.82) is 0 Å². The third-order valence-electron chi connectivity index (χ3n) is 13.6. The minimum atomic E-state index is -4.68. The van der Waals surface area contributed by atoms with E-state index in [9.17, 15) is 48.7 Å². The molecule has 404 valence electrons. The summed E-state index contributed by atoms with van der Waals surface area (Å²) in [6.07, 6.45) is 14.6. The van der Waals surface area contributed by atoms with Crippen molar-refractivity contribution in [1.82, 2.24) is 5.06 Å². The second kappa shape index (κ2) is 23.3. The summed E-state index contributed by atoms with van der Waals surface area (Å²) >= 11 is 0. The maximum atomic E-state index is 12.9. The Hall–Kier alpha value is -5.37. The molecule has 1 fully saturated rings. The summed E-state index contributed by atoms with van der Waals surface area (Å²) in [4.78, 5) is 44.1. The number of hydrogen-bond acceptors (Lipinski definition) is 16. The van der Waals surface area contributed by atoms with E-state index in [2.05, 4.69) is 21.3 Å². The van der Waals surface area contributed by atoms with E-state index in [0.29, 0.717) is 66.1 Å². The first-order valence-corrected chi connectivity index (χ1v) is 28.8. The van der Waals surface area contributed by atoms with E-state index < -0.39 is 76.0 Å². The molecule has 0 aliphatic carbocycles. The lowest BCUT2D eigenvalue weighted by molar-refractivity contribution is -0.437. The Kier molecular flexibility index (Phi) is 18.2. The van der Waals surface area contributed by atoms with Gasteiger partial charge in [0.25, 0.3) is 42.2 Å². The molecule has 23 heteroatoms. The number of nitrogens with zero attached hydrogens (tertiary/aromatic N) is 3. The minimum Gasteiger partial charge on any atom is -0.460 e. The molecule has 2 aromatic rings. The van der Waals surface area contributed by atoms with Gasteiger partial charge in [0, 0.05) is 106 Å². The van der Waals surface area contributed by atoms with Gasteiger partial charge in [-0.05, 0) is 81.4 Å². The average molecular weight is 1090 g/mol. The van der Waals surface area contributed by atoms with Crippen LogP contribution in [0.3, 0.4) is 0 Å². The Morgan fingerprint density at radius 1 is 0.892 bits per heavy atom. The number of fused-ring (bicyclic) bond motifs is 3. The van der Waals surface area contributed by atoms with E-state index in [1.807, 2.05) is 63.5 Å². The Bertz CT molecular complexity index is 3040. The second-order valence-corrected chi connectivity index (χ2v) is 24.6. The topological polar surface area (TPSA) is 276 Å². The predicted octanol–water partition coefficient (Wildman–Crippen LogP) is 6.51. The van der Waals surface area contributed by atoms with Gasteiger partial charge in [-0.25, -0.2) is 4.79 Å². The van der Waals surface area contributed by atoms with Gasteiger partial charge >= 0.3 is 5.97 Å². The van der Waals surface area contributed by atoms with E-state index in [-0.39, 0.29) is 56.4 Å². The number of allylic oxidation sites excluding steroid dienone is 9. The SMILES string of the molecule is COCCC1(CCOC)C=C(C)c2cc3c(cc2N1CCCS(=O)(=O)O)OC(C(C)(C)C)=CC3=CC=CC=CC1=[N+](CCCS(=O)(=O)ON)c2ccc(S(=O)(=O)O)cc2C1(C)CCCC(=O)ON1C(=O)CCC1=O. The van der Waals surface area contributed by atoms with Crippen LogP contribution in [0.5, 0.6) is 5.75 Å². The van der Waals surface area contributed by atoms with Crippen LogP contribution >= 0.6 is 0 Å². The molecule has 0 radical (unpaired) electrons. The van der Waals surface area contributed by atoms with Crippen LogP contribution in [0, 0.1) is 5.41 Å². The zero-order valence-corrected chi connectivity index (χ0v) is 45.2. The van der Waals surface area contributed by atoms with Crippen molar-refractivity contribution in [2.45, 2.75) is 108 Å². The smallest absolute Gasteiger partial charge is 0.333 e. The van der Waals surface area contributed by atoms with Crippen molar-refractivity contribution in [3.63, 3.8) is 0 Å². The van der Waals surface area contributed by atoms with Crippen LogP contribution in [0.25, 0.3) is 11.1 Å². The van der Waals surface area contributed by atoms with Gasteiger partial charge < -0.3 is 23.9 Å². The zero-order chi connectivity index (χ0) is 54.4. The third-order valence-corrected chi connectivity index (χ3v) is 16.3. The number of methoxy groups -OCH3 is 2. The van der Waals surface area contributed by atoms with Crippen LogP contribution in [0.15, 0.2) is 83.5 Å². The fourth-order valence-corrected chi connectivity index (χ4v) is 11.4. The van der Waals surface area contributed by atoms with Gasteiger partial charge in [0.05, 0.1) is 27.4 Å². The normalized spacial score (nSPS) is 19.6. The molecule has 1 atom stereocenters. The van der Waals surface area contributed by atoms with Crippen LogP contribution in [0.2, 0.25) is 0 Å². The molecule has 1 unspecified atom stereocenters. The quantitative estimate of drug-likeness (QED) is 0.0332. The molecule has 20 nitrogen and oxygen atoms in total. The van der Waals surface area contributed by atoms with Crippen molar-refractivity contribution in [2.24, 2.45) is 11.3 Å². The van der Waals surface area contributed by atoms with Gasteiger partial charge in [-0.2, -0.15) is 40.0 Å². The number of carbonyl (C=O) groups is 3. The molecule has 0 bridgehead atoms. The van der Waals surface area contributed by atoms with Crippen molar-refractivity contribution < 1.29 is 76.7 Å². The Labute approximate surface area is 433 Å². The van der Waals surface area contributed by atoms with E-state index in [0.717, 1.165) is 28.0 Å². The lowest BCUT2D eigenvalue weighted by Gasteiger charge is -2.48. The second-order valence-electron chi connectivity index (χ2n) is 19.9. The molecule has 2 aromatic carbocycles. The van der Waals surface area contributed by atoms with Crippen molar-refractivity contribution in [3.05, 3.63) is 95.3 Å². The fourth-order valence-electron chi connectivity index (χ4n) is 9.84. The Morgan fingerprint density at radius 3 is 2.18 bits per heavy atom. The van der Waals surface area contributed by atoms with E-state index in [1.54, 1.807) is 32.4 Å². The summed E-state index contributed by atoms with van der Waals surface area (Å²) in [6, 6.07) is 8.12. The number of rotatable bonds is 24. The summed E-state index contributed by atoms with van der Waals surface area (Å²) in [5, 5.41) is 0.466. The highest BCUT2D eigenvalue weighted by Gasteiger charge is 2.48. The lowest BCUT2D eigenvalue weighted by atomic mass is 9.75. The third kappa shape index (κ3) is 13.5. The Morgan fingerprint density at radius 2 is 1.57 bits per heavy atom. The highest BCUT2D eigenvalue weighted by molar-refractivity contribution is 7.86. The number of amides is 2. The van der Waals surface area contributed by atoms with Crippen LogP contribution in [0.4, 0.5) is 11.4 Å². The minimum absolute atomic E-state index is 0.0323. The van der Waals surface area contributed by atoms with Crippen molar-refractivity contribution in [2.75, 3.05) is 56.9 Å².